The van der Waals surface area contributed by atoms with E-state index in [-0.39, 0.29) is 35.4 Å². The third kappa shape index (κ3) is 12.9. The fraction of sp³-hybridized carbons (Fsp3) is 0.641. The summed E-state index contributed by atoms with van der Waals surface area (Å²) in [6.45, 7) is 21.7. The van der Waals surface area contributed by atoms with Crippen LogP contribution in [0.2, 0.25) is 0 Å². The van der Waals surface area contributed by atoms with Crippen molar-refractivity contribution in [1.82, 2.24) is 9.97 Å². The van der Waals surface area contributed by atoms with Crippen LogP contribution < -0.4 is 4.74 Å². The number of benzene rings is 1. The first kappa shape index (κ1) is 41.4. The largest absolute Gasteiger partial charge is 0.496 e. The van der Waals surface area contributed by atoms with Gasteiger partial charge < -0.3 is 9.47 Å². The molecule has 0 amide bonds. The van der Waals surface area contributed by atoms with Crippen LogP contribution >= 0.6 is 11.3 Å². The number of pyridine rings is 1. The van der Waals surface area contributed by atoms with Crippen molar-refractivity contribution in [2.75, 3.05) is 13.7 Å². The Morgan fingerprint density at radius 1 is 0.979 bits per heavy atom. The minimum absolute atomic E-state index is 0.0694. The number of epoxide rings is 1. The van der Waals surface area contributed by atoms with Crippen molar-refractivity contribution in [3.05, 3.63) is 52.3 Å². The molecule has 2 aliphatic rings. The number of fused-ring (bicyclic) bond motifs is 1. The number of Topliss-reactive ketones (excluding diaryl/α,β-unsaturated/α-hetero) is 2. The average molecular weight is 689 g/mol. The van der Waals surface area contributed by atoms with Gasteiger partial charge in [-0.25, -0.2) is 13.8 Å². The smallest absolute Gasteiger partial charge is 0.249 e. The number of halogens is 2. The van der Waals surface area contributed by atoms with Crippen molar-refractivity contribution in [3.63, 3.8) is 0 Å². The Bertz CT molecular complexity index is 1460. The lowest BCUT2D eigenvalue weighted by Gasteiger charge is -2.41. The lowest BCUT2D eigenvalue weighted by molar-refractivity contribution is -0.146. The van der Waals surface area contributed by atoms with Gasteiger partial charge in [0, 0.05) is 43.6 Å². The predicted molar refractivity (Wildman–Crippen MR) is 194 cm³/mol. The number of thiazole rings is 1. The Kier molecular flexibility index (Phi) is 15.8. The molecular formula is C39H58F2N2O4S. The zero-order valence-corrected chi connectivity index (χ0v) is 31.9. The fourth-order valence-corrected chi connectivity index (χ4v) is 6.87. The van der Waals surface area contributed by atoms with Crippen molar-refractivity contribution in [1.29, 1.82) is 0 Å². The normalized spacial score (nSPS) is 19.5. The maximum Gasteiger partial charge on any atom is 0.249 e. The molecule has 0 spiro atoms. The third-order valence-corrected chi connectivity index (χ3v) is 9.88. The maximum absolute atomic E-state index is 12.1. The quantitative estimate of drug-likeness (QED) is 0.147. The standard InChI is InChI=1S/C13H15NO2S.C10H13NO.C10H20O.C6H10F2/c1-4-5-10(15)12-11(16-3)7-6-9-13(12)17-8(2)14-9;1-3-4-10(12)9-5-6-11-7-8(9)2;1-5-8(2)9(3)6-10(4)7-11-10;1-5(2)3-6(7,8)4-5/h6-7H,4-5H2,1-3H3;5-7H,3-4H2,1-2H3;8-9H,5-7H2,1-4H3;3-4H2,1-2H3. The SMILES string of the molecule is CC1(C)CC(F)(F)C1.CCC(C)C(C)CC1(C)CO1.CCCC(=O)c1c(OC)ccc2nc(C)sc12.CCCC(=O)c1ccncc1C. The molecule has 6 nitrogen and oxygen atoms in total. The summed E-state index contributed by atoms with van der Waals surface area (Å²) in [5.41, 5.74) is 3.51. The number of alkyl halides is 2. The highest BCUT2D eigenvalue weighted by Crippen LogP contribution is 2.51. The van der Waals surface area contributed by atoms with E-state index >= 15 is 0 Å². The number of ether oxygens (including phenoxy) is 2. The highest BCUT2D eigenvalue weighted by molar-refractivity contribution is 7.19. The monoisotopic (exact) mass is 688 g/mol. The van der Waals surface area contributed by atoms with Crippen LogP contribution in [0.1, 0.15) is 138 Å². The summed E-state index contributed by atoms with van der Waals surface area (Å²) in [7, 11) is 1.60. The van der Waals surface area contributed by atoms with Gasteiger partial charge in [-0.2, -0.15) is 0 Å². The number of hydrogen-bond acceptors (Lipinski definition) is 7. The Balaban J connectivity index is 0.000000231. The van der Waals surface area contributed by atoms with Crippen molar-refractivity contribution < 1.29 is 27.8 Å². The van der Waals surface area contributed by atoms with E-state index < -0.39 is 5.92 Å². The summed E-state index contributed by atoms with van der Waals surface area (Å²) in [5.74, 6) is 0.322. The summed E-state index contributed by atoms with van der Waals surface area (Å²) >= 11 is 1.55. The molecule has 1 saturated heterocycles. The number of ketones is 2. The molecule has 268 valence electrons. The van der Waals surface area contributed by atoms with Crippen LogP contribution in [0.4, 0.5) is 8.78 Å². The minimum atomic E-state index is -2.34. The number of nitrogens with zero attached hydrogens (tertiary/aromatic N) is 2. The van der Waals surface area contributed by atoms with Gasteiger partial charge in [-0.15, -0.1) is 11.3 Å². The molecule has 5 rings (SSSR count). The lowest BCUT2D eigenvalue weighted by atomic mass is 9.69. The van der Waals surface area contributed by atoms with E-state index in [2.05, 4.69) is 37.7 Å². The number of carbonyl (C=O) groups excluding carboxylic acids is 2. The van der Waals surface area contributed by atoms with Gasteiger partial charge in [0.15, 0.2) is 11.6 Å². The Morgan fingerprint density at radius 2 is 1.58 bits per heavy atom. The van der Waals surface area contributed by atoms with Crippen LogP contribution in [0, 0.1) is 31.1 Å². The van der Waals surface area contributed by atoms with Crippen LogP contribution in [0.3, 0.4) is 0 Å². The van der Waals surface area contributed by atoms with Gasteiger partial charge in [-0.05, 0) is 81.0 Å². The van der Waals surface area contributed by atoms with Crippen molar-refractivity contribution in [2.45, 2.75) is 132 Å². The van der Waals surface area contributed by atoms with E-state index in [1.807, 2.05) is 53.7 Å². The van der Waals surface area contributed by atoms with Gasteiger partial charge in [0.2, 0.25) is 5.92 Å². The van der Waals surface area contributed by atoms with Crippen molar-refractivity contribution in [3.8, 4) is 5.75 Å². The van der Waals surface area contributed by atoms with E-state index in [1.54, 1.807) is 36.9 Å². The summed E-state index contributed by atoms with van der Waals surface area (Å²) < 4.78 is 35.7. The second-order valence-electron chi connectivity index (χ2n) is 14.4. The molecule has 3 aromatic rings. The van der Waals surface area contributed by atoms with Crippen molar-refractivity contribution >= 4 is 33.1 Å². The molecule has 1 aromatic carbocycles. The van der Waals surface area contributed by atoms with Gasteiger partial charge in [0.1, 0.15) is 5.75 Å². The van der Waals surface area contributed by atoms with E-state index in [1.165, 1.54) is 12.8 Å². The molecule has 0 radical (unpaired) electrons. The molecule has 2 fully saturated rings. The van der Waals surface area contributed by atoms with Gasteiger partial charge >= 0.3 is 0 Å². The Morgan fingerprint density at radius 3 is 2.04 bits per heavy atom. The van der Waals surface area contributed by atoms with E-state index in [0.29, 0.717) is 24.2 Å². The summed E-state index contributed by atoms with van der Waals surface area (Å²) in [6.07, 6.45) is 8.98. The van der Waals surface area contributed by atoms with Crippen LogP contribution in [0.15, 0.2) is 30.6 Å². The van der Waals surface area contributed by atoms with Crippen LogP contribution in [0.5, 0.6) is 5.75 Å². The number of aromatic nitrogens is 2. The highest BCUT2D eigenvalue weighted by Gasteiger charge is 2.50. The third-order valence-electron chi connectivity index (χ3n) is 8.88. The summed E-state index contributed by atoms with van der Waals surface area (Å²) in [5, 5.41) is 0.971. The molecular weight excluding hydrogens is 631 g/mol. The molecule has 1 aliphatic heterocycles. The van der Waals surface area contributed by atoms with Crippen LogP contribution in [-0.4, -0.2) is 46.8 Å². The van der Waals surface area contributed by atoms with Gasteiger partial charge in [-0.3, -0.25) is 14.6 Å². The second kappa shape index (κ2) is 18.3. The zero-order chi connectivity index (χ0) is 36.3. The van der Waals surface area contributed by atoms with Crippen LogP contribution in [0.25, 0.3) is 10.2 Å². The number of carbonyl (C=O) groups is 2. The van der Waals surface area contributed by atoms with Gasteiger partial charge in [-0.1, -0.05) is 54.9 Å². The predicted octanol–water partition coefficient (Wildman–Crippen LogP) is 11.3. The highest BCUT2D eigenvalue weighted by atomic mass is 32.1. The molecule has 3 unspecified atom stereocenters. The number of aryl methyl sites for hydroxylation is 2. The first-order valence-electron chi connectivity index (χ1n) is 17.3. The molecule has 48 heavy (non-hydrogen) atoms. The Labute approximate surface area is 291 Å². The van der Waals surface area contributed by atoms with Crippen molar-refractivity contribution in [2.24, 2.45) is 17.3 Å². The summed E-state index contributed by atoms with van der Waals surface area (Å²) in [6, 6.07) is 5.51. The number of hydrogen-bond donors (Lipinski definition) is 0. The lowest BCUT2D eigenvalue weighted by Crippen LogP contribution is -2.41. The molecule has 1 aliphatic carbocycles. The van der Waals surface area contributed by atoms with E-state index in [0.717, 1.165) is 57.6 Å². The Hall–Kier alpha value is -2.78. The average Bonchev–Trinajstić information content (AvgIpc) is 3.60. The topological polar surface area (TPSA) is 81.7 Å². The molecule has 3 heterocycles. The second-order valence-corrected chi connectivity index (χ2v) is 15.6. The van der Waals surface area contributed by atoms with E-state index in [9.17, 15) is 18.4 Å². The maximum atomic E-state index is 12.1. The molecule has 3 atom stereocenters. The minimum Gasteiger partial charge on any atom is -0.496 e. The van der Waals surface area contributed by atoms with Gasteiger partial charge in [0.25, 0.3) is 0 Å². The first-order valence-corrected chi connectivity index (χ1v) is 18.2. The molecule has 0 bridgehead atoms. The molecule has 9 heteroatoms. The zero-order valence-electron chi connectivity index (χ0n) is 31.1. The first-order chi connectivity index (χ1) is 22.4. The summed E-state index contributed by atoms with van der Waals surface area (Å²) in [4.78, 5) is 31.9. The van der Waals surface area contributed by atoms with E-state index in [4.69, 9.17) is 9.47 Å². The fourth-order valence-electron chi connectivity index (χ4n) is 5.89. The molecule has 0 N–H and O–H groups in total. The molecule has 1 saturated carbocycles. The molecule has 2 aromatic heterocycles. The number of methoxy groups -OCH3 is 1. The van der Waals surface area contributed by atoms with Gasteiger partial charge in [0.05, 0.1) is 40.1 Å². The number of rotatable bonds is 11. The van der Waals surface area contributed by atoms with Crippen LogP contribution in [-0.2, 0) is 4.74 Å².